The Morgan fingerprint density at radius 1 is 1.75 bits per heavy atom. The van der Waals surface area contributed by atoms with Crippen molar-refractivity contribution in [2.24, 2.45) is 5.41 Å². The second-order valence-corrected chi connectivity index (χ2v) is 3.74. The summed E-state index contributed by atoms with van der Waals surface area (Å²) in [4.78, 5) is 4.97. The van der Waals surface area contributed by atoms with Crippen LogP contribution in [-0.2, 0) is 4.84 Å². The van der Waals surface area contributed by atoms with Gasteiger partial charge in [-0.05, 0) is 6.42 Å². The second-order valence-electron chi connectivity index (χ2n) is 3.74. The molecule has 0 aromatic heterocycles. The van der Waals surface area contributed by atoms with E-state index in [1.54, 1.807) is 0 Å². The summed E-state index contributed by atoms with van der Waals surface area (Å²) >= 11 is 0. The van der Waals surface area contributed by atoms with Gasteiger partial charge in [0.15, 0.2) is 0 Å². The van der Waals surface area contributed by atoms with Crippen LogP contribution >= 0.6 is 0 Å². The fourth-order valence-electron chi connectivity index (χ4n) is 1.29. The molecule has 1 aliphatic carbocycles. The van der Waals surface area contributed by atoms with Gasteiger partial charge in [-0.1, -0.05) is 19.8 Å². The maximum atomic E-state index is 9.37. The van der Waals surface area contributed by atoms with Crippen LogP contribution in [0.4, 0.5) is 0 Å². The quantitative estimate of drug-likeness (QED) is 0.363. The molecule has 0 aromatic rings. The molecule has 68 valence electrons. The SMILES string of the molecule is C#CCONC1CC(O)C1(C)C. The van der Waals surface area contributed by atoms with Gasteiger partial charge in [-0.25, -0.2) is 0 Å². The Morgan fingerprint density at radius 2 is 2.42 bits per heavy atom. The molecule has 0 amide bonds. The predicted octanol–water partition coefficient (Wildman–Crippen LogP) is 0.300. The lowest BCUT2D eigenvalue weighted by atomic mass is 9.65. The number of terminal acetylenes is 1. The van der Waals surface area contributed by atoms with Crippen molar-refractivity contribution >= 4 is 0 Å². The van der Waals surface area contributed by atoms with Gasteiger partial charge in [0.1, 0.15) is 6.61 Å². The highest BCUT2D eigenvalue weighted by Crippen LogP contribution is 2.40. The molecule has 0 aromatic carbocycles. The van der Waals surface area contributed by atoms with Gasteiger partial charge in [-0.2, -0.15) is 5.48 Å². The van der Waals surface area contributed by atoms with E-state index >= 15 is 0 Å². The van der Waals surface area contributed by atoms with Gasteiger partial charge < -0.3 is 5.11 Å². The highest BCUT2D eigenvalue weighted by molar-refractivity contribution is 5.00. The van der Waals surface area contributed by atoms with E-state index in [1.807, 2.05) is 13.8 Å². The first-order chi connectivity index (χ1) is 5.59. The van der Waals surface area contributed by atoms with Crippen molar-refractivity contribution in [2.45, 2.75) is 32.4 Å². The van der Waals surface area contributed by atoms with Crippen molar-refractivity contribution in [1.82, 2.24) is 5.48 Å². The van der Waals surface area contributed by atoms with Gasteiger partial charge in [-0.3, -0.25) is 4.84 Å². The Bertz CT molecular complexity index is 195. The van der Waals surface area contributed by atoms with E-state index < -0.39 is 0 Å². The van der Waals surface area contributed by atoms with Crippen molar-refractivity contribution in [3.63, 3.8) is 0 Å². The number of hydrogen-bond donors (Lipinski definition) is 2. The average Bonchev–Trinajstić information content (AvgIpc) is 2.04. The largest absolute Gasteiger partial charge is 0.392 e. The molecular weight excluding hydrogens is 154 g/mol. The Kier molecular flexibility index (Phi) is 2.73. The lowest BCUT2D eigenvalue weighted by Gasteiger charge is -2.48. The number of hydrogen-bond acceptors (Lipinski definition) is 3. The van der Waals surface area contributed by atoms with E-state index in [1.165, 1.54) is 0 Å². The molecule has 2 N–H and O–H groups in total. The Balaban J connectivity index is 2.24. The third-order valence-corrected chi connectivity index (χ3v) is 2.60. The fraction of sp³-hybridized carbons (Fsp3) is 0.778. The first-order valence-corrected chi connectivity index (χ1v) is 4.08. The second kappa shape index (κ2) is 3.44. The van der Waals surface area contributed by atoms with Crippen molar-refractivity contribution < 1.29 is 9.94 Å². The highest BCUT2D eigenvalue weighted by Gasteiger charge is 2.47. The van der Waals surface area contributed by atoms with E-state index in [2.05, 4.69) is 11.4 Å². The molecule has 0 aliphatic heterocycles. The smallest absolute Gasteiger partial charge is 0.128 e. The minimum Gasteiger partial charge on any atom is -0.392 e. The molecule has 0 bridgehead atoms. The third kappa shape index (κ3) is 1.61. The number of nitrogens with one attached hydrogen (secondary N) is 1. The van der Waals surface area contributed by atoms with Crippen LogP contribution in [0.1, 0.15) is 20.3 Å². The van der Waals surface area contributed by atoms with Crippen LogP contribution in [0.2, 0.25) is 0 Å². The van der Waals surface area contributed by atoms with Crippen molar-refractivity contribution in [3.8, 4) is 12.3 Å². The summed E-state index contributed by atoms with van der Waals surface area (Å²) in [6.45, 7) is 4.26. The summed E-state index contributed by atoms with van der Waals surface area (Å²) in [5, 5.41) is 9.37. The first-order valence-electron chi connectivity index (χ1n) is 4.08. The van der Waals surface area contributed by atoms with E-state index in [0.717, 1.165) is 6.42 Å². The van der Waals surface area contributed by atoms with Crippen LogP contribution in [-0.4, -0.2) is 23.9 Å². The molecule has 0 heterocycles. The molecule has 3 nitrogen and oxygen atoms in total. The zero-order valence-electron chi connectivity index (χ0n) is 7.50. The maximum Gasteiger partial charge on any atom is 0.128 e. The topological polar surface area (TPSA) is 41.5 Å². The van der Waals surface area contributed by atoms with Crippen LogP contribution in [0.3, 0.4) is 0 Å². The van der Waals surface area contributed by atoms with Gasteiger partial charge in [0.25, 0.3) is 0 Å². The first kappa shape index (κ1) is 9.53. The van der Waals surface area contributed by atoms with Gasteiger partial charge in [-0.15, -0.1) is 6.42 Å². The number of hydroxylamine groups is 1. The average molecular weight is 169 g/mol. The van der Waals surface area contributed by atoms with Crippen LogP contribution in [0, 0.1) is 17.8 Å². The number of aliphatic hydroxyl groups is 1. The zero-order valence-corrected chi connectivity index (χ0v) is 7.50. The van der Waals surface area contributed by atoms with E-state index in [-0.39, 0.29) is 24.2 Å². The zero-order chi connectivity index (χ0) is 9.19. The molecule has 1 fully saturated rings. The number of rotatable bonds is 3. The molecule has 3 heteroatoms. The van der Waals surface area contributed by atoms with Gasteiger partial charge in [0.2, 0.25) is 0 Å². The van der Waals surface area contributed by atoms with Crippen LogP contribution in [0.5, 0.6) is 0 Å². The summed E-state index contributed by atoms with van der Waals surface area (Å²) < 4.78 is 0. The Labute approximate surface area is 73.1 Å². The third-order valence-electron chi connectivity index (χ3n) is 2.60. The summed E-state index contributed by atoms with van der Waals surface area (Å²) in [6, 6.07) is 0.209. The summed E-state index contributed by atoms with van der Waals surface area (Å²) in [5.74, 6) is 2.36. The van der Waals surface area contributed by atoms with E-state index in [0.29, 0.717) is 0 Å². The van der Waals surface area contributed by atoms with Crippen LogP contribution < -0.4 is 5.48 Å². The fourth-order valence-corrected chi connectivity index (χ4v) is 1.29. The summed E-state index contributed by atoms with van der Waals surface area (Å²) in [7, 11) is 0. The molecule has 0 spiro atoms. The van der Waals surface area contributed by atoms with E-state index in [4.69, 9.17) is 11.3 Å². The summed E-state index contributed by atoms with van der Waals surface area (Å²) in [6.07, 6.45) is 5.51. The molecule has 0 radical (unpaired) electrons. The van der Waals surface area contributed by atoms with Gasteiger partial charge >= 0.3 is 0 Å². The molecular formula is C9H15NO2. The molecule has 1 saturated carbocycles. The van der Waals surface area contributed by atoms with Crippen molar-refractivity contribution in [3.05, 3.63) is 0 Å². The minimum atomic E-state index is -0.232. The number of aliphatic hydroxyl groups excluding tert-OH is 1. The lowest BCUT2D eigenvalue weighted by Crippen LogP contribution is -2.59. The molecule has 12 heavy (non-hydrogen) atoms. The maximum absolute atomic E-state index is 9.37. The highest BCUT2D eigenvalue weighted by atomic mass is 16.6. The standard InChI is InChI=1S/C9H15NO2/c1-4-5-12-10-7-6-8(11)9(7,2)3/h1,7-8,10-11H,5-6H2,2-3H3. The van der Waals surface area contributed by atoms with Gasteiger partial charge in [0.05, 0.1) is 6.10 Å². The molecule has 2 atom stereocenters. The minimum absolute atomic E-state index is 0.103. The predicted molar refractivity (Wildman–Crippen MR) is 46.1 cm³/mol. The Hall–Kier alpha value is -0.560. The monoisotopic (exact) mass is 169 g/mol. The molecule has 1 rings (SSSR count). The molecule has 2 unspecified atom stereocenters. The van der Waals surface area contributed by atoms with Gasteiger partial charge in [0, 0.05) is 11.5 Å². The summed E-state index contributed by atoms with van der Waals surface area (Å²) in [5.41, 5.74) is 2.74. The molecule has 0 saturated heterocycles. The lowest BCUT2D eigenvalue weighted by molar-refractivity contribution is -0.125. The molecule has 1 aliphatic rings. The van der Waals surface area contributed by atoms with Crippen molar-refractivity contribution in [2.75, 3.05) is 6.61 Å². The van der Waals surface area contributed by atoms with Crippen LogP contribution in [0.25, 0.3) is 0 Å². The van der Waals surface area contributed by atoms with Crippen molar-refractivity contribution in [1.29, 1.82) is 0 Å². The normalized spacial score (nSPS) is 32.2. The van der Waals surface area contributed by atoms with E-state index in [9.17, 15) is 5.11 Å². The van der Waals surface area contributed by atoms with Crippen LogP contribution in [0.15, 0.2) is 0 Å². The Morgan fingerprint density at radius 3 is 2.83 bits per heavy atom.